The van der Waals surface area contributed by atoms with E-state index in [1.54, 1.807) is 35.9 Å². The van der Waals surface area contributed by atoms with Crippen LogP contribution in [-0.2, 0) is 11.3 Å². The summed E-state index contributed by atoms with van der Waals surface area (Å²) < 4.78 is 1.59. The number of nitrogens with zero attached hydrogens (tertiary/aromatic N) is 2. The van der Waals surface area contributed by atoms with Crippen LogP contribution in [0.5, 0.6) is 0 Å². The van der Waals surface area contributed by atoms with Gasteiger partial charge in [0.1, 0.15) is 5.69 Å². The molecule has 0 radical (unpaired) electrons. The third-order valence-corrected chi connectivity index (χ3v) is 3.13. The molecule has 6 nitrogen and oxygen atoms in total. The summed E-state index contributed by atoms with van der Waals surface area (Å²) in [5, 5.41) is 6.97. The molecule has 2 rings (SSSR count). The number of carbonyl (C=O) groups is 2. The average molecular weight is 448 g/mol. The predicted molar refractivity (Wildman–Crippen MR) is 101 cm³/mol. The van der Waals surface area contributed by atoms with Gasteiger partial charge >= 0.3 is 0 Å². The Bertz CT molecular complexity index is 672. The van der Waals surface area contributed by atoms with Crippen molar-refractivity contribution < 1.29 is 9.59 Å². The zero-order valence-electron chi connectivity index (χ0n) is 12.9. The summed E-state index contributed by atoms with van der Waals surface area (Å²) in [6, 6.07) is 8.91. The highest BCUT2D eigenvalue weighted by molar-refractivity contribution is 8.93. The quantitative estimate of drug-likeness (QED) is 0.689. The Labute approximate surface area is 156 Å². The molecule has 1 amide bonds. The highest BCUT2D eigenvalue weighted by Crippen LogP contribution is 2.23. The number of carbonyl (C=O) groups excluding carboxylic acids is 2. The average Bonchev–Trinajstić information content (AvgIpc) is 2.83. The van der Waals surface area contributed by atoms with Gasteiger partial charge in [0.05, 0.1) is 17.9 Å². The fraction of sp³-hybridized carbons (Fsp3) is 0.267. The molecule has 23 heavy (non-hydrogen) atoms. The molecule has 8 heteroatoms. The number of hydrogen-bond donors (Lipinski definition) is 2. The van der Waals surface area contributed by atoms with Crippen LogP contribution in [0.15, 0.2) is 30.3 Å². The molecule has 0 bridgehead atoms. The summed E-state index contributed by atoms with van der Waals surface area (Å²) in [4.78, 5) is 24.2. The van der Waals surface area contributed by atoms with Crippen LogP contribution in [0.2, 0.25) is 0 Å². The lowest BCUT2D eigenvalue weighted by molar-refractivity contribution is -0.114. The summed E-state index contributed by atoms with van der Waals surface area (Å²) >= 11 is 0. The van der Waals surface area contributed by atoms with Gasteiger partial charge in [-0.15, -0.1) is 34.0 Å². The van der Waals surface area contributed by atoms with Crippen LogP contribution in [0.25, 0.3) is 0 Å². The number of rotatable bonds is 5. The van der Waals surface area contributed by atoms with E-state index in [9.17, 15) is 9.59 Å². The molecule has 1 aromatic carbocycles. The molecule has 1 aromatic heterocycles. The van der Waals surface area contributed by atoms with Crippen molar-refractivity contribution in [3.63, 3.8) is 0 Å². The van der Waals surface area contributed by atoms with Crippen LogP contribution in [0.1, 0.15) is 28.7 Å². The minimum Gasteiger partial charge on any atom is -0.322 e. The van der Waals surface area contributed by atoms with E-state index >= 15 is 0 Å². The van der Waals surface area contributed by atoms with Gasteiger partial charge in [0.25, 0.3) is 0 Å². The van der Waals surface area contributed by atoms with E-state index < -0.39 is 0 Å². The number of nitrogens with two attached hydrogens (primary N) is 1. The van der Waals surface area contributed by atoms with Gasteiger partial charge in [0.2, 0.25) is 11.7 Å². The Balaban J connectivity index is 0.00000242. The van der Waals surface area contributed by atoms with Crippen LogP contribution in [0, 0.1) is 6.92 Å². The number of anilines is 1. The Kier molecular flexibility index (Phi) is 8.96. The van der Waals surface area contributed by atoms with Gasteiger partial charge in [-0.3, -0.25) is 14.3 Å². The number of halogens is 2. The second kappa shape index (κ2) is 9.59. The van der Waals surface area contributed by atoms with Gasteiger partial charge in [-0.25, -0.2) is 0 Å². The first kappa shape index (κ1) is 21.5. The summed E-state index contributed by atoms with van der Waals surface area (Å²) in [6.45, 7) is 4.03. The minimum absolute atomic E-state index is 0. The van der Waals surface area contributed by atoms with Crippen molar-refractivity contribution in [1.82, 2.24) is 9.78 Å². The number of amides is 1. The number of benzene rings is 1. The standard InChI is InChI=1S/C15H18N4O2.2BrH/c1-3-19-14(15(21)11-7-5-4-6-8-11)13(10(2)18-19)17-12(20)9-16;;/h4-8H,3,9,16H2,1-2H3,(H,17,20);2*1H. The van der Waals surface area contributed by atoms with Crippen LogP contribution >= 0.6 is 34.0 Å². The Hall–Kier alpha value is -1.51. The normalized spacial score (nSPS) is 9.52. The van der Waals surface area contributed by atoms with Crippen LogP contribution in [-0.4, -0.2) is 28.0 Å². The van der Waals surface area contributed by atoms with E-state index in [0.717, 1.165) is 0 Å². The van der Waals surface area contributed by atoms with Crippen molar-refractivity contribution in [2.24, 2.45) is 5.73 Å². The summed E-state index contributed by atoms with van der Waals surface area (Å²) in [7, 11) is 0. The van der Waals surface area contributed by atoms with Crippen molar-refractivity contribution in [1.29, 1.82) is 0 Å². The molecule has 0 saturated carbocycles. The molecule has 0 atom stereocenters. The van der Waals surface area contributed by atoms with Gasteiger partial charge in [-0.05, 0) is 13.8 Å². The van der Waals surface area contributed by atoms with E-state index in [4.69, 9.17) is 5.73 Å². The van der Waals surface area contributed by atoms with E-state index in [1.165, 1.54) is 0 Å². The number of nitrogens with one attached hydrogen (secondary N) is 1. The third kappa shape index (κ3) is 4.73. The van der Waals surface area contributed by atoms with Crippen molar-refractivity contribution in [2.45, 2.75) is 20.4 Å². The first-order valence-electron chi connectivity index (χ1n) is 6.75. The Morgan fingerprint density at radius 1 is 1.22 bits per heavy atom. The minimum atomic E-state index is -0.351. The molecule has 3 N–H and O–H groups in total. The van der Waals surface area contributed by atoms with E-state index in [1.807, 2.05) is 13.0 Å². The topological polar surface area (TPSA) is 90.0 Å². The molecule has 0 saturated heterocycles. The largest absolute Gasteiger partial charge is 0.322 e. The van der Waals surface area contributed by atoms with E-state index in [2.05, 4.69) is 10.4 Å². The number of aryl methyl sites for hydroxylation is 2. The van der Waals surface area contributed by atoms with Gasteiger partial charge in [0, 0.05) is 12.1 Å². The maximum Gasteiger partial charge on any atom is 0.238 e. The zero-order valence-corrected chi connectivity index (χ0v) is 16.3. The van der Waals surface area contributed by atoms with Gasteiger partial charge in [0.15, 0.2) is 0 Å². The Morgan fingerprint density at radius 2 is 1.83 bits per heavy atom. The lowest BCUT2D eigenvalue weighted by Crippen LogP contribution is -2.23. The molecular formula is C15H20Br2N4O2. The van der Waals surface area contributed by atoms with Crippen molar-refractivity contribution >= 4 is 51.3 Å². The first-order valence-corrected chi connectivity index (χ1v) is 6.75. The fourth-order valence-corrected chi connectivity index (χ4v) is 2.11. The SMILES string of the molecule is Br.Br.CCn1nc(C)c(NC(=O)CN)c1C(=O)c1ccccc1. The lowest BCUT2D eigenvalue weighted by atomic mass is 10.1. The smallest absolute Gasteiger partial charge is 0.238 e. The molecule has 0 spiro atoms. The van der Waals surface area contributed by atoms with E-state index in [0.29, 0.717) is 29.2 Å². The van der Waals surface area contributed by atoms with Crippen LogP contribution in [0.3, 0.4) is 0 Å². The van der Waals surface area contributed by atoms with Crippen molar-refractivity contribution in [3.05, 3.63) is 47.3 Å². The van der Waals surface area contributed by atoms with Gasteiger partial charge in [-0.1, -0.05) is 30.3 Å². The summed E-state index contributed by atoms with van der Waals surface area (Å²) in [5.74, 6) is -0.527. The molecule has 126 valence electrons. The monoisotopic (exact) mass is 446 g/mol. The molecule has 0 aliphatic carbocycles. The molecule has 0 aliphatic rings. The maximum absolute atomic E-state index is 12.7. The summed E-state index contributed by atoms with van der Waals surface area (Å²) in [6.07, 6.45) is 0. The fourth-order valence-electron chi connectivity index (χ4n) is 2.11. The van der Waals surface area contributed by atoms with Crippen LogP contribution in [0.4, 0.5) is 5.69 Å². The van der Waals surface area contributed by atoms with Gasteiger partial charge < -0.3 is 11.1 Å². The molecule has 0 fully saturated rings. The molecule has 0 unspecified atom stereocenters. The number of aromatic nitrogens is 2. The highest BCUT2D eigenvalue weighted by Gasteiger charge is 2.23. The highest BCUT2D eigenvalue weighted by atomic mass is 79.9. The van der Waals surface area contributed by atoms with Gasteiger partial charge in [-0.2, -0.15) is 5.10 Å². The molecule has 1 heterocycles. The predicted octanol–water partition coefficient (Wildman–Crippen LogP) is 2.50. The Morgan fingerprint density at radius 3 is 2.35 bits per heavy atom. The molecule has 2 aromatic rings. The number of ketones is 1. The first-order chi connectivity index (χ1) is 10.1. The number of hydrogen-bond acceptors (Lipinski definition) is 4. The molecule has 0 aliphatic heterocycles. The second-order valence-electron chi connectivity index (χ2n) is 4.57. The zero-order chi connectivity index (χ0) is 15.4. The summed E-state index contributed by atoms with van der Waals surface area (Å²) in [5.41, 5.74) is 7.28. The second-order valence-corrected chi connectivity index (χ2v) is 4.57. The maximum atomic E-state index is 12.7. The van der Waals surface area contributed by atoms with Crippen molar-refractivity contribution in [3.8, 4) is 0 Å². The third-order valence-electron chi connectivity index (χ3n) is 3.13. The van der Waals surface area contributed by atoms with Crippen LogP contribution < -0.4 is 11.1 Å². The lowest BCUT2D eigenvalue weighted by Gasteiger charge is -2.08. The van der Waals surface area contributed by atoms with Crippen molar-refractivity contribution in [2.75, 3.05) is 11.9 Å². The van der Waals surface area contributed by atoms with E-state index in [-0.39, 0.29) is 52.2 Å². The molecular weight excluding hydrogens is 428 g/mol.